The summed E-state index contributed by atoms with van der Waals surface area (Å²) in [5.74, 6) is -2.25. The molecule has 7 nitrogen and oxygen atoms in total. The average molecular weight is 317 g/mol. The summed E-state index contributed by atoms with van der Waals surface area (Å²) in [5.41, 5.74) is 0.516. The number of carbonyl (C=O) groups is 3. The van der Waals surface area contributed by atoms with Crippen LogP contribution in [0.3, 0.4) is 0 Å². The van der Waals surface area contributed by atoms with Crippen molar-refractivity contribution in [2.45, 2.75) is 20.8 Å². The Morgan fingerprint density at radius 3 is 1.50 bits per heavy atom. The highest BCUT2D eigenvalue weighted by molar-refractivity contribution is 5.86. The van der Waals surface area contributed by atoms with Gasteiger partial charge in [0.05, 0.1) is 33.7 Å². The third-order valence-electron chi connectivity index (χ3n) is 1.58. The predicted octanol–water partition coefficient (Wildman–Crippen LogP) is 0.215. The van der Waals surface area contributed by atoms with E-state index in [0.29, 0.717) is 16.7 Å². The van der Waals surface area contributed by atoms with Crippen molar-refractivity contribution in [1.82, 2.24) is 0 Å². The van der Waals surface area contributed by atoms with Gasteiger partial charge in [-0.15, -0.1) is 0 Å². The van der Waals surface area contributed by atoms with Crippen molar-refractivity contribution in [3.05, 3.63) is 24.3 Å². The molecule has 0 spiro atoms. The second-order valence-electron chi connectivity index (χ2n) is 5.41. The number of likely N-dealkylation sites (N-methyl/N-ethyl adjacent to an activating group) is 1. The molecule has 0 saturated heterocycles. The first kappa shape index (κ1) is 24.8. The molecule has 0 atom stereocenters. The van der Waals surface area contributed by atoms with E-state index in [0.717, 1.165) is 0 Å². The topological polar surface area (TPSA) is 104 Å². The van der Waals surface area contributed by atoms with Crippen molar-refractivity contribution < 1.29 is 33.8 Å². The Morgan fingerprint density at radius 2 is 1.45 bits per heavy atom. The van der Waals surface area contributed by atoms with Crippen molar-refractivity contribution >= 4 is 17.9 Å². The minimum Gasteiger partial charge on any atom is -0.545 e. The SMILES string of the molecule is C=C(C)C(=O)OCC.C=C(C)C(=O)[O-].C[N+](C)(C)CC(=O)O. The fraction of sp³-hybridized carbons (Fsp3) is 0.533. The molecule has 0 rings (SSSR count). The molecule has 0 heterocycles. The summed E-state index contributed by atoms with van der Waals surface area (Å²) in [6, 6.07) is 0. The van der Waals surface area contributed by atoms with Gasteiger partial charge in [0.25, 0.3) is 0 Å². The maximum atomic E-state index is 10.4. The summed E-state index contributed by atoms with van der Waals surface area (Å²) in [6.45, 7) is 11.9. The number of hydrogen-bond acceptors (Lipinski definition) is 5. The van der Waals surface area contributed by atoms with Gasteiger partial charge in [0.15, 0.2) is 6.54 Å². The first-order valence-corrected chi connectivity index (χ1v) is 6.46. The molecule has 0 aromatic rings. The number of carboxylic acids is 2. The molecule has 0 amide bonds. The Kier molecular flexibility index (Phi) is 14.2. The van der Waals surface area contributed by atoms with Crippen LogP contribution >= 0.6 is 0 Å². The highest BCUT2D eigenvalue weighted by Crippen LogP contribution is 1.89. The molecule has 0 radical (unpaired) electrons. The molecule has 7 heteroatoms. The van der Waals surface area contributed by atoms with E-state index in [4.69, 9.17) is 5.11 Å². The van der Waals surface area contributed by atoms with Crippen LogP contribution in [0.4, 0.5) is 0 Å². The van der Waals surface area contributed by atoms with E-state index >= 15 is 0 Å². The fourth-order valence-electron chi connectivity index (χ4n) is 0.660. The van der Waals surface area contributed by atoms with Crippen LogP contribution in [0.2, 0.25) is 0 Å². The lowest BCUT2D eigenvalue weighted by molar-refractivity contribution is -0.862. The highest BCUT2D eigenvalue weighted by Gasteiger charge is 2.11. The highest BCUT2D eigenvalue weighted by atomic mass is 16.5. The zero-order chi connectivity index (χ0) is 18.5. The van der Waals surface area contributed by atoms with Crippen LogP contribution in [-0.4, -0.2) is 61.8 Å². The lowest BCUT2D eigenvalue weighted by Gasteiger charge is -2.20. The molecule has 0 fully saturated rings. The number of carboxylic acid groups (broad SMARTS) is 2. The van der Waals surface area contributed by atoms with Gasteiger partial charge in [0, 0.05) is 5.57 Å². The monoisotopic (exact) mass is 317 g/mol. The van der Waals surface area contributed by atoms with Crippen molar-refractivity contribution in [2.75, 3.05) is 34.3 Å². The lowest BCUT2D eigenvalue weighted by Crippen LogP contribution is -2.39. The lowest BCUT2D eigenvalue weighted by atomic mass is 10.4. The van der Waals surface area contributed by atoms with Crippen LogP contribution in [-0.2, 0) is 19.1 Å². The van der Waals surface area contributed by atoms with E-state index in [1.54, 1.807) is 13.8 Å². The van der Waals surface area contributed by atoms with Crippen LogP contribution in [0.15, 0.2) is 24.3 Å². The van der Waals surface area contributed by atoms with Crippen LogP contribution in [0.5, 0.6) is 0 Å². The van der Waals surface area contributed by atoms with E-state index < -0.39 is 11.9 Å². The standard InChI is InChI=1S/C6H10O2.C5H11NO2.C4H6O2/c1-4-8-6(7)5(2)3;1-6(2,3)4-5(7)8;1-3(2)4(5)6/h2,4H2,1,3H3;4H2,1-3H3;1H2,2H3,(H,5,6). The summed E-state index contributed by atoms with van der Waals surface area (Å²) < 4.78 is 5.05. The molecule has 128 valence electrons. The van der Waals surface area contributed by atoms with Gasteiger partial charge < -0.3 is 24.2 Å². The maximum Gasteiger partial charge on any atom is 0.359 e. The van der Waals surface area contributed by atoms with Crippen molar-refractivity contribution in [1.29, 1.82) is 0 Å². The molecule has 0 aromatic carbocycles. The normalized spacial score (nSPS) is 9.18. The summed E-state index contributed by atoms with van der Waals surface area (Å²) in [6.07, 6.45) is 0. The zero-order valence-electron chi connectivity index (χ0n) is 14.3. The second kappa shape index (κ2) is 12.6. The van der Waals surface area contributed by atoms with Gasteiger partial charge in [-0.25, -0.2) is 9.59 Å². The molecule has 0 aliphatic heterocycles. The Balaban J connectivity index is -0.000000249. The number of hydrogen-bond donors (Lipinski definition) is 1. The molecule has 0 aliphatic carbocycles. The molecule has 1 N–H and O–H groups in total. The maximum absolute atomic E-state index is 10.4. The molecule has 0 aromatic heterocycles. The van der Waals surface area contributed by atoms with Gasteiger partial charge in [0.1, 0.15) is 0 Å². The fourth-order valence-corrected chi connectivity index (χ4v) is 0.660. The molecule has 0 saturated carbocycles. The van der Waals surface area contributed by atoms with Crippen LogP contribution in [0, 0.1) is 0 Å². The summed E-state index contributed by atoms with van der Waals surface area (Å²) in [7, 11) is 5.52. The number of esters is 1. The van der Waals surface area contributed by atoms with Gasteiger partial charge in [-0.05, 0) is 26.3 Å². The number of carbonyl (C=O) groups excluding carboxylic acids is 2. The summed E-state index contributed by atoms with van der Waals surface area (Å²) in [4.78, 5) is 29.9. The van der Waals surface area contributed by atoms with Crippen molar-refractivity contribution in [3.8, 4) is 0 Å². The zero-order valence-corrected chi connectivity index (χ0v) is 14.3. The molecular formula is C15H27NO6. The largest absolute Gasteiger partial charge is 0.545 e. The number of aliphatic carboxylic acids is 2. The minimum absolute atomic E-state index is 0.0648. The van der Waals surface area contributed by atoms with Crippen LogP contribution < -0.4 is 5.11 Å². The number of rotatable bonds is 5. The Labute approximate surface area is 132 Å². The minimum atomic E-state index is -1.19. The first-order valence-electron chi connectivity index (χ1n) is 6.46. The molecule has 0 aliphatic rings. The first-order chi connectivity index (χ1) is 9.74. The predicted molar refractivity (Wildman–Crippen MR) is 81.8 cm³/mol. The van der Waals surface area contributed by atoms with E-state index in [9.17, 15) is 19.5 Å². The quantitative estimate of drug-likeness (QED) is 0.442. The van der Waals surface area contributed by atoms with Crippen LogP contribution in [0.25, 0.3) is 0 Å². The van der Waals surface area contributed by atoms with Crippen molar-refractivity contribution in [2.24, 2.45) is 0 Å². The van der Waals surface area contributed by atoms with Gasteiger partial charge >= 0.3 is 11.9 Å². The van der Waals surface area contributed by atoms with Crippen LogP contribution in [0.1, 0.15) is 20.8 Å². The van der Waals surface area contributed by atoms with Gasteiger partial charge in [-0.1, -0.05) is 13.2 Å². The van der Waals surface area contributed by atoms with E-state index in [1.165, 1.54) is 6.92 Å². The Hall–Kier alpha value is -2.15. The molecule has 0 bridgehead atoms. The van der Waals surface area contributed by atoms with Crippen molar-refractivity contribution in [3.63, 3.8) is 0 Å². The van der Waals surface area contributed by atoms with E-state index in [-0.39, 0.29) is 18.1 Å². The average Bonchev–Trinajstić information content (AvgIpc) is 2.27. The smallest absolute Gasteiger partial charge is 0.359 e. The number of ether oxygens (including phenoxy) is 1. The van der Waals surface area contributed by atoms with Gasteiger partial charge in [0.2, 0.25) is 0 Å². The Bertz CT molecular complexity index is 395. The number of nitrogens with zero attached hydrogens (tertiary/aromatic N) is 1. The Morgan fingerprint density at radius 1 is 1.09 bits per heavy atom. The molecule has 0 unspecified atom stereocenters. The summed E-state index contributed by atoms with van der Waals surface area (Å²) in [5, 5.41) is 17.7. The molecular weight excluding hydrogens is 290 g/mol. The molecule has 22 heavy (non-hydrogen) atoms. The summed E-state index contributed by atoms with van der Waals surface area (Å²) >= 11 is 0. The van der Waals surface area contributed by atoms with E-state index in [2.05, 4.69) is 17.9 Å². The third-order valence-corrected chi connectivity index (χ3v) is 1.58. The van der Waals surface area contributed by atoms with Gasteiger partial charge in [-0.2, -0.15) is 0 Å². The number of quaternary nitrogens is 1. The second-order valence-corrected chi connectivity index (χ2v) is 5.41. The third kappa shape index (κ3) is 26.4. The van der Waals surface area contributed by atoms with Gasteiger partial charge in [-0.3, -0.25) is 0 Å². The van der Waals surface area contributed by atoms with E-state index in [1.807, 2.05) is 21.1 Å².